The predicted molar refractivity (Wildman–Crippen MR) is 96.8 cm³/mol. The number of thiocarbonyl (C=S) groups is 1. The summed E-state index contributed by atoms with van der Waals surface area (Å²) in [5.41, 5.74) is 9.38. The standard InChI is InChI=1S/C6H15O3Si.C5H11NOS.CH3NOS/c1-4-7-10(8-5-2)9-6-3;1-2-3-4-7-5(6)8;2-1(3)4/h4-6H2,1-3H3;2-4H2,1H3,(H2,6,8);(H3,2,3,4). The van der Waals surface area contributed by atoms with Crippen LogP contribution in [0.5, 0.6) is 0 Å². The molecule has 133 valence electrons. The first-order valence-corrected chi connectivity index (χ1v) is 9.09. The number of carbonyl (C=O) groups excluding carboxylic acids is 1. The largest absolute Gasteiger partial charge is 0.577 e. The Kier molecular flexibility index (Phi) is 27.6. The van der Waals surface area contributed by atoms with Crippen molar-refractivity contribution in [3.63, 3.8) is 0 Å². The minimum atomic E-state index is -1.40. The van der Waals surface area contributed by atoms with E-state index in [-0.39, 0.29) is 5.17 Å². The van der Waals surface area contributed by atoms with E-state index in [9.17, 15) is 0 Å². The topological polar surface area (TPSA) is 106 Å². The van der Waals surface area contributed by atoms with Crippen LogP contribution in [-0.4, -0.2) is 46.4 Å². The summed E-state index contributed by atoms with van der Waals surface area (Å²) in [6, 6.07) is 0. The number of nitrogens with two attached hydrogens (primary N) is 2. The van der Waals surface area contributed by atoms with E-state index in [2.05, 4.69) is 37.5 Å². The molecule has 0 rings (SSSR count). The van der Waals surface area contributed by atoms with E-state index in [1.165, 1.54) is 0 Å². The number of unbranched alkanes of at least 4 members (excludes halogenated alkanes) is 1. The maximum absolute atomic E-state index is 9.09. The normalized spacial score (nSPS) is 9.18. The van der Waals surface area contributed by atoms with Crippen LogP contribution in [-0.2, 0) is 18.0 Å². The molecule has 0 spiro atoms. The zero-order valence-corrected chi connectivity index (χ0v) is 16.5. The second kappa shape index (κ2) is 22.9. The number of amides is 1. The summed E-state index contributed by atoms with van der Waals surface area (Å²) in [6.45, 7) is 10.5. The van der Waals surface area contributed by atoms with E-state index < -0.39 is 14.8 Å². The van der Waals surface area contributed by atoms with Gasteiger partial charge in [0.25, 0.3) is 10.4 Å². The van der Waals surface area contributed by atoms with Crippen molar-refractivity contribution in [1.82, 2.24) is 0 Å². The Morgan fingerprint density at radius 3 is 1.64 bits per heavy atom. The predicted octanol–water partition coefficient (Wildman–Crippen LogP) is 2.12. The van der Waals surface area contributed by atoms with E-state index in [0.717, 1.165) is 12.8 Å². The Labute approximate surface area is 146 Å². The summed E-state index contributed by atoms with van der Waals surface area (Å²) < 4.78 is 20.3. The van der Waals surface area contributed by atoms with Crippen molar-refractivity contribution in [2.45, 2.75) is 40.5 Å². The number of rotatable bonds is 9. The third-order valence-electron chi connectivity index (χ3n) is 1.53. The quantitative estimate of drug-likeness (QED) is 0.246. The van der Waals surface area contributed by atoms with Crippen molar-refractivity contribution in [2.75, 3.05) is 26.4 Å². The molecule has 1 radical (unpaired) electrons. The molecule has 0 aromatic carbocycles. The highest BCUT2D eigenvalue weighted by molar-refractivity contribution is 7.96. The zero-order valence-electron chi connectivity index (χ0n) is 13.8. The molecule has 4 N–H and O–H groups in total. The fourth-order valence-electron chi connectivity index (χ4n) is 0.796. The summed E-state index contributed by atoms with van der Waals surface area (Å²) in [4.78, 5) is 9.09. The smallest absolute Gasteiger partial charge is 0.471 e. The highest BCUT2D eigenvalue weighted by atomic mass is 32.1. The van der Waals surface area contributed by atoms with E-state index in [0.29, 0.717) is 26.4 Å². The highest BCUT2D eigenvalue weighted by Gasteiger charge is 2.15. The molecule has 0 aromatic rings. The van der Waals surface area contributed by atoms with Gasteiger partial charge in [-0.15, -0.1) is 0 Å². The molecule has 0 fully saturated rings. The lowest BCUT2D eigenvalue weighted by Gasteiger charge is -2.10. The van der Waals surface area contributed by atoms with Gasteiger partial charge in [0.1, 0.15) is 0 Å². The Morgan fingerprint density at radius 2 is 1.41 bits per heavy atom. The van der Waals surface area contributed by atoms with Crippen molar-refractivity contribution in [3.8, 4) is 0 Å². The fraction of sp³-hybridized carbons (Fsp3) is 0.833. The van der Waals surface area contributed by atoms with Crippen LogP contribution in [0, 0.1) is 0 Å². The molecule has 0 aliphatic heterocycles. The van der Waals surface area contributed by atoms with Crippen LogP contribution in [0.1, 0.15) is 40.5 Å². The number of thiol groups is 1. The molecule has 0 aromatic heterocycles. The Hall–Kier alpha value is -0.393. The minimum Gasteiger partial charge on any atom is -0.471 e. The van der Waals surface area contributed by atoms with Gasteiger partial charge in [-0.1, -0.05) is 26.0 Å². The molecule has 0 heterocycles. The first-order chi connectivity index (χ1) is 10.3. The second-order valence-electron chi connectivity index (χ2n) is 3.41. The first-order valence-electron chi connectivity index (χ1n) is 7.01. The molecule has 0 bridgehead atoms. The molecule has 0 unspecified atom stereocenters. The summed E-state index contributed by atoms with van der Waals surface area (Å²) in [5.74, 6) is 0. The molecule has 10 heteroatoms. The zero-order chi connectivity index (χ0) is 17.8. The highest BCUT2D eigenvalue weighted by Crippen LogP contribution is 1.91. The molecule has 0 saturated carbocycles. The maximum Gasteiger partial charge on any atom is 0.577 e. The van der Waals surface area contributed by atoms with Crippen molar-refractivity contribution in [1.29, 1.82) is 0 Å². The third kappa shape index (κ3) is 36.7. The lowest BCUT2D eigenvalue weighted by molar-refractivity contribution is 0.107. The van der Waals surface area contributed by atoms with Crippen molar-refractivity contribution >= 4 is 44.8 Å². The van der Waals surface area contributed by atoms with Crippen LogP contribution in [0.2, 0.25) is 0 Å². The Morgan fingerprint density at radius 1 is 1.05 bits per heavy atom. The van der Waals surface area contributed by atoms with Gasteiger partial charge in [0.15, 0.2) is 0 Å². The molecule has 1 amide bonds. The van der Waals surface area contributed by atoms with Gasteiger partial charge in [0.2, 0.25) is 0 Å². The molecular formula is C12H29N2O5S2Si. The van der Waals surface area contributed by atoms with E-state index in [1.54, 1.807) is 0 Å². The Bertz CT molecular complexity index is 245. The van der Waals surface area contributed by atoms with Gasteiger partial charge in [0, 0.05) is 19.8 Å². The molecular weight excluding hydrogens is 344 g/mol. The van der Waals surface area contributed by atoms with Crippen LogP contribution >= 0.6 is 24.8 Å². The van der Waals surface area contributed by atoms with Crippen LogP contribution in [0.25, 0.3) is 0 Å². The van der Waals surface area contributed by atoms with E-state index >= 15 is 0 Å². The SMILES string of the molecule is CCCCOC(N)=S.CCO[Si](OCC)OCC.NC(=O)S. The van der Waals surface area contributed by atoms with E-state index in [1.807, 2.05) is 20.8 Å². The summed E-state index contributed by atoms with van der Waals surface area (Å²) in [7, 11) is -1.40. The molecule has 0 atom stereocenters. The van der Waals surface area contributed by atoms with Crippen LogP contribution in [0.15, 0.2) is 0 Å². The fourth-order valence-corrected chi connectivity index (χ4v) is 1.84. The number of ether oxygens (including phenoxy) is 1. The van der Waals surface area contributed by atoms with Gasteiger partial charge in [-0.2, -0.15) is 0 Å². The molecule has 22 heavy (non-hydrogen) atoms. The summed E-state index contributed by atoms with van der Waals surface area (Å²) in [5, 5.41) is -0.488. The number of primary amides is 1. The van der Waals surface area contributed by atoms with Crippen LogP contribution in [0.4, 0.5) is 4.79 Å². The number of hydrogen-bond acceptors (Lipinski definition) is 6. The summed E-state index contributed by atoms with van der Waals surface area (Å²) in [6.07, 6.45) is 2.14. The summed E-state index contributed by atoms with van der Waals surface area (Å²) >= 11 is 7.57. The minimum absolute atomic E-state index is 0.151. The lowest BCUT2D eigenvalue weighted by Crippen LogP contribution is -2.27. The molecule has 0 aliphatic rings. The van der Waals surface area contributed by atoms with Crippen molar-refractivity contribution in [3.05, 3.63) is 0 Å². The second-order valence-corrected chi connectivity index (χ2v) is 5.62. The van der Waals surface area contributed by atoms with Gasteiger partial charge in [-0.25, -0.2) is 0 Å². The third-order valence-corrected chi connectivity index (χ3v) is 3.22. The molecule has 0 saturated heterocycles. The first kappa shape index (κ1) is 26.5. The average molecular weight is 374 g/mol. The monoisotopic (exact) mass is 373 g/mol. The lowest BCUT2D eigenvalue weighted by atomic mass is 10.4. The number of hydrogen-bond donors (Lipinski definition) is 3. The number of carbonyl (C=O) groups is 1. The average Bonchev–Trinajstić information content (AvgIpc) is 2.40. The van der Waals surface area contributed by atoms with Gasteiger partial charge in [-0.05, 0) is 39.4 Å². The molecule has 7 nitrogen and oxygen atoms in total. The van der Waals surface area contributed by atoms with Gasteiger partial charge in [-0.3, -0.25) is 4.79 Å². The van der Waals surface area contributed by atoms with Gasteiger partial charge < -0.3 is 29.5 Å². The maximum atomic E-state index is 9.09. The van der Waals surface area contributed by atoms with Gasteiger partial charge >= 0.3 is 9.53 Å². The molecule has 0 aliphatic carbocycles. The van der Waals surface area contributed by atoms with Crippen molar-refractivity contribution < 1.29 is 22.8 Å². The van der Waals surface area contributed by atoms with Crippen molar-refractivity contribution in [2.24, 2.45) is 11.5 Å². The van der Waals surface area contributed by atoms with E-state index in [4.69, 9.17) is 28.5 Å². The van der Waals surface area contributed by atoms with Gasteiger partial charge in [0.05, 0.1) is 6.61 Å². The Balaban J connectivity index is -0.000000269. The van der Waals surface area contributed by atoms with Crippen LogP contribution in [0.3, 0.4) is 0 Å². The van der Waals surface area contributed by atoms with Crippen LogP contribution < -0.4 is 11.5 Å².